The van der Waals surface area contributed by atoms with Gasteiger partial charge in [0.25, 0.3) is 0 Å². The van der Waals surface area contributed by atoms with Crippen molar-refractivity contribution in [3.8, 4) is 5.75 Å². The van der Waals surface area contributed by atoms with Crippen molar-refractivity contribution in [3.63, 3.8) is 0 Å². The Morgan fingerprint density at radius 3 is 3.05 bits per heavy atom. The number of carbonyl (C=O) groups excluding carboxylic acids is 1. The van der Waals surface area contributed by atoms with Crippen LogP contribution < -0.4 is 10.1 Å². The van der Waals surface area contributed by atoms with E-state index < -0.39 is 0 Å². The molecule has 2 rings (SSSR count). The highest BCUT2D eigenvalue weighted by Gasteiger charge is 2.19. The van der Waals surface area contributed by atoms with Gasteiger partial charge in [0.1, 0.15) is 5.75 Å². The molecule has 110 valence electrons. The van der Waals surface area contributed by atoms with Crippen molar-refractivity contribution in [3.05, 3.63) is 28.3 Å². The van der Waals surface area contributed by atoms with Crippen LogP contribution in [0, 0.1) is 0 Å². The summed E-state index contributed by atoms with van der Waals surface area (Å²) in [5.41, 5.74) is 1.96. The molecule has 0 aromatic heterocycles. The second-order valence-corrected chi connectivity index (χ2v) is 5.39. The van der Waals surface area contributed by atoms with Crippen molar-refractivity contribution < 1.29 is 14.6 Å². The first kappa shape index (κ1) is 14.9. The fourth-order valence-electron chi connectivity index (χ4n) is 2.10. The van der Waals surface area contributed by atoms with Crippen molar-refractivity contribution in [1.82, 2.24) is 10.2 Å². The third-order valence-electron chi connectivity index (χ3n) is 3.50. The fraction of sp³-hybridized carbons (Fsp3) is 0.500. The predicted molar refractivity (Wildman–Crippen MR) is 77.2 cm³/mol. The van der Waals surface area contributed by atoms with E-state index in [1.54, 1.807) is 14.0 Å². The molecule has 1 unspecified atom stereocenters. The number of nitrogens with one attached hydrogen (secondary N) is 1. The van der Waals surface area contributed by atoms with Crippen LogP contribution in [0.3, 0.4) is 0 Å². The van der Waals surface area contributed by atoms with Crippen LogP contribution >= 0.6 is 11.6 Å². The Bertz CT molecular complexity index is 507. The molecule has 0 aliphatic carbocycles. The molecule has 0 saturated carbocycles. The number of amides is 2. The zero-order chi connectivity index (χ0) is 14.7. The highest BCUT2D eigenvalue weighted by atomic mass is 35.5. The van der Waals surface area contributed by atoms with Gasteiger partial charge in [0, 0.05) is 30.6 Å². The number of benzene rings is 1. The van der Waals surface area contributed by atoms with Gasteiger partial charge < -0.3 is 20.1 Å². The number of urea groups is 1. The molecule has 0 spiro atoms. The first-order valence-electron chi connectivity index (χ1n) is 6.58. The third-order valence-corrected chi connectivity index (χ3v) is 3.72. The van der Waals surface area contributed by atoms with Gasteiger partial charge in [-0.05, 0) is 24.6 Å². The van der Waals surface area contributed by atoms with Gasteiger partial charge in [-0.25, -0.2) is 4.79 Å². The van der Waals surface area contributed by atoms with Crippen LogP contribution in [0.5, 0.6) is 5.75 Å². The molecule has 6 heteroatoms. The van der Waals surface area contributed by atoms with Crippen LogP contribution in [0.1, 0.15) is 18.1 Å². The van der Waals surface area contributed by atoms with Crippen molar-refractivity contribution in [2.24, 2.45) is 0 Å². The minimum atomic E-state index is -0.238. The number of ether oxygens (including phenoxy) is 1. The Hall–Kier alpha value is -1.46. The smallest absolute Gasteiger partial charge is 0.317 e. The molecule has 0 bridgehead atoms. The van der Waals surface area contributed by atoms with E-state index >= 15 is 0 Å². The number of rotatable bonds is 4. The molecule has 1 aliphatic heterocycles. The number of nitrogens with zero attached hydrogens (tertiary/aromatic N) is 1. The molecule has 20 heavy (non-hydrogen) atoms. The minimum Gasteiger partial charge on any atom is -0.493 e. The van der Waals surface area contributed by atoms with Crippen LogP contribution in [0.2, 0.25) is 5.02 Å². The molecule has 2 N–H and O–H groups in total. The highest BCUT2D eigenvalue weighted by Crippen LogP contribution is 2.32. The van der Waals surface area contributed by atoms with Gasteiger partial charge >= 0.3 is 6.03 Å². The summed E-state index contributed by atoms with van der Waals surface area (Å²) in [6.45, 7) is 2.71. The molecule has 2 amide bonds. The van der Waals surface area contributed by atoms with E-state index in [1.807, 2.05) is 12.1 Å². The van der Waals surface area contributed by atoms with Crippen LogP contribution in [0.4, 0.5) is 4.79 Å². The van der Waals surface area contributed by atoms with Gasteiger partial charge in [0.05, 0.1) is 19.3 Å². The van der Waals surface area contributed by atoms with Crippen molar-refractivity contribution in [2.45, 2.75) is 25.9 Å². The summed E-state index contributed by atoms with van der Waals surface area (Å²) in [7, 11) is 1.65. The van der Waals surface area contributed by atoms with Crippen molar-refractivity contribution in [2.75, 3.05) is 20.3 Å². The molecule has 1 aromatic rings. The summed E-state index contributed by atoms with van der Waals surface area (Å²) in [4.78, 5) is 13.4. The Morgan fingerprint density at radius 1 is 1.60 bits per heavy atom. The van der Waals surface area contributed by atoms with Crippen molar-refractivity contribution >= 4 is 17.6 Å². The summed E-state index contributed by atoms with van der Waals surface area (Å²) in [5.74, 6) is 0.826. The SMILES string of the molecule is CC(CO)N(C)C(=O)NCc1cc(Cl)cc2c1OCC2. The Morgan fingerprint density at radius 2 is 2.35 bits per heavy atom. The van der Waals surface area contributed by atoms with Crippen LogP contribution in [0.25, 0.3) is 0 Å². The number of likely N-dealkylation sites (N-methyl/N-ethyl adjacent to an activating group) is 1. The van der Waals surface area contributed by atoms with E-state index in [-0.39, 0.29) is 18.7 Å². The number of aliphatic hydroxyl groups is 1. The molecule has 1 aliphatic rings. The average molecular weight is 299 g/mol. The molecular formula is C14H19ClN2O3. The summed E-state index contributed by atoms with van der Waals surface area (Å²) in [6, 6.07) is 3.24. The van der Waals surface area contributed by atoms with Crippen LogP contribution in [-0.4, -0.2) is 42.3 Å². The number of carbonyl (C=O) groups is 1. The van der Waals surface area contributed by atoms with Crippen molar-refractivity contribution in [1.29, 1.82) is 0 Å². The van der Waals surface area contributed by atoms with Crippen LogP contribution in [-0.2, 0) is 13.0 Å². The van der Waals surface area contributed by atoms with Gasteiger partial charge in [0.15, 0.2) is 0 Å². The number of aliphatic hydroxyl groups excluding tert-OH is 1. The lowest BCUT2D eigenvalue weighted by atomic mass is 10.1. The Kier molecular flexibility index (Phi) is 4.73. The maximum atomic E-state index is 11.9. The molecule has 5 nitrogen and oxygen atoms in total. The van der Waals surface area contributed by atoms with E-state index in [0.717, 1.165) is 23.3 Å². The maximum absolute atomic E-state index is 11.9. The van der Waals surface area contributed by atoms with Gasteiger partial charge in [-0.15, -0.1) is 0 Å². The summed E-state index contributed by atoms with van der Waals surface area (Å²) >= 11 is 6.07. The summed E-state index contributed by atoms with van der Waals surface area (Å²) < 4.78 is 5.58. The maximum Gasteiger partial charge on any atom is 0.317 e. The zero-order valence-electron chi connectivity index (χ0n) is 11.6. The van der Waals surface area contributed by atoms with Gasteiger partial charge in [-0.1, -0.05) is 11.6 Å². The van der Waals surface area contributed by atoms with Crippen LogP contribution in [0.15, 0.2) is 12.1 Å². The van der Waals surface area contributed by atoms with E-state index in [0.29, 0.717) is 18.2 Å². The number of hydrogen-bond acceptors (Lipinski definition) is 3. The summed E-state index contributed by atoms with van der Waals surface area (Å²) in [5, 5.41) is 12.5. The molecule has 0 radical (unpaired) electrons. The molecule has 1 aromatic carbocycles. The largest absolute Gasteiger partial charge is 0.493 e. The first-order chi connectivity index (χ1) is 9.52. The standard InChI is InChI=1S/C14H19ClN2O3/c1-9(8-18)17(2)14(19)16-7-11-6-12(15)5-10-3-4-20-13(10)11/h5-6,9,18H,3-4,7-8H2,1-2H3,(H,16,19). The Labute approximate surface area is 123 Å². The quantitative estimate of drug-likeness (QED) is 0.891. The second-order valence-electron chi connectivity index (χ2n) is 4.95. The normalized spacial score (nSPS) is 14.4. The first-order valence-corrected chi connectivity index (χ1v) is 6.96. The zero-order valence-corrected chi connectivity index (χ0v) is 12.4. The molecule has 1 atom stereocenters. The van der Waals surface area contributed by atoms with E-state index in [4.69, 9.17) is 21.4 Å². The third kappa shape index (κ3) is 3.16. The minimum absolute atomic E-state index is 0.0698. The van der Waals surface area contributed by atoms with Gasteiger partial charge in [-0.3, -0.25) is 0 Å². The highest BCUT2D eigenvalue weighted by molar-refractivity contribution is 6.30. The topological polar surface area (TPSA) is 61.8 Å². The Balaban J connectivity index is 2.03. The number of hydrogen-bond donors (Lipinski definition) is 2. The number of fused-ring (bicyclic) bond motifs is 1. The lowest BCUT2D eigenvalue weighted by molar-refractivity contribution is 0.157. The average Bonchev–Trinajstić information content (AvgIpc) is 2.90. The molecule has 0 fully saturated rings. The summed E-state index contributed by atoms with van der Waals surface area (Å²) in [6.07, 6.45) is 0.846. The second kappa shape index (κ2) is 6.33. The van der Waals surface area contributed by atoms with E-state index in [9.17, 15) is 4.79 Å². The predicted octanol–water partition coefficient (Wildman–Crippen LogP) is 1.80. The lowest BCUT2D eigenvalue weighted by Gasteiger charge is -2.23. The molecule has 0 saturated heterocycles. The van der Waals surface area contributed by atoms with Gasteiger partial charge in [-0.2, -0.15) is 0 Å². The van der Waals surface area contributed by atoms with E-state index in [1.165, 1.54) is 4.90 Å². The fourth-order valence-corrected chi connectivity index (χ4v) is 2.36. The molecular weight excluding hydrogens is 280 g/mol. The lowest BCUT2D eigenvalue weighted by Crippen LogP contribution is -2.43. The van der Waals surface area contributed by atoms with E-state index in [2.05, 4.69) is 5.32 Å². The van der Waals surface area contributed by atoms with Gasteiger partial charge in [0.2, 0.25) is 0 Å². The number of halogens is 1. The molecule has 1 heterocycles. The monoisotopic (exact) mass is 298 g/mol.